The molecule has 0 spiro atoms. The lowest BCUT2D eigenvalue weighted by molar-refractivity contribution is -0.384. The Morgan fingerprint density at radius 2 is 2.11 bits per heavy atom. The summed E-state index contributed by atoms with van der Waals surface area (Å²) in [5.41, 5.74) is 1.65. The first kappa shape index (κ1) is 13.5. The summed E-state index contributed by atoms with van der Waals surface area (Å²) in [4.78, 5) is 23.9. The van der Waals surface area contributed by atoms with Crippen LogP contribution in [0.15, 0.2) is 18.2 Å². The summed E-state index contributed by atoms with van der Waals surface area (Å²) in [7, 11) is 0. The molecular weight excluding hydrogens is 244 g/mol. The minimum atomic E-state index is -0.420. The van der Waals surface area contributed by atoms with Crippen LogP contribution >= 0.6 is 0 Å². The fourth-order valence-electron chi connectivity index (χ4n) is 2.69. The predicted octanol–water partition coefficient (Wildman–Crippen LogP) is 3.02. The van der Waals surface area contributed by atoms with Crippen molar-refractivity contribution in [1.82, 2.24) is 0 Å². The molecule has 1 amide bonds. The van der Waals surface area contributed by atoms with Crippen LogP contribution in [0.5, 0.6) is 0 Å². The van der Waals surface area contributed by atoms with Gasteiger partial charge in [0.25, 0.3) is 5.69 Å². The number of nitro groups is 1. The fourth-order valence-corrected chi connectivity index (χ4v) is 2.69. The number of hydrogen-bond donors (Lipinski definition) is 0. The summed E-state index contributed by atoms with van der Waals surface area (Å²) in [6.45, 7) is 6.34. The first-order valence-electron chi connectivity index (χ1n) is 6.40. The van der Waals surface area contributed by atoms with Crippen LogP contribution < -0.4 is 4.90 Å². The van der Waals surface area contributed by atoms with Crippen LogP contribution in [0.25, 0.3) is 0 Å². The zero-order valence-corrected chi connectivity index (χ0v) is 11.5. The molecule has 1 aliphatic heterocycles. The second-order valence-corrected chi connectivity index (χ2v) is 5.62. The van der Waals surface area contributed by atoms with E-state index in [9.17, 15) is 14.9 Å². The highest BCUT2D eigenvalue weighted by Gasteiger charge is 2.31. The van der Waals surface area contributed by atoms with Gasteiger partial charge in [-0.05, 0) is 29.9 Å². The first-order chi connectivity index (χ1) is 8.83. The van der Waals surface area contributed by atoms with Gasteiger partial charge in [-0.15, -0.1) is 0 Å². The van der Waals surface area contributed by atoms with Crippen LogP contribution in [0.1, 0.15) is 39.2 Å². The van der Waals surface area contributed by atoms with Crippen LogP contribution in [0.4, 0.5) is 11.4 Å². The number of carbonyl (C=O) groups is 1. The lowest BCUT2D eigenvalue weighted by Crippen LogP contribution is -2.29. The molecule has 19 heavy (non-hydrogen) atoms. The molecule has 0 radical (unpaired) electrons. The largest absolute Gasteiger partial charge is 0.312 e. The molecule has 1 aromatic carbocycles. The number of fused-ring (bicyclic) bond motifs is 1. The molecule has 5 nitrogen and oxygen atoms in total. The number of rotatable bonds is 1. The number of carbonyl (C=O) groups excluding carboxylic acids is 1. The standard InChI is InChI=1S/C14H18N2O3/c1-10(17)15-8-4-7-14(2,3)12-6-5-11(16(18)19)9-13(12)15/h5-6,9H,4,7-8H2,1-3H3. The maximum Gasteiger partial charge on any atom is 0.271 e. The molecule has 2 rings (SSSR count). The first-order valence-corrected chi connectivity index (χ1v) is 6.40. The number of non-ortho nitro benzene ring substituents is 1. The van der Waals surface area contributed by atoms with Gasteiger partial charge < -0.3 is 4.90 Å². The molecule has 5 heteroatoms. The summed E-state index contributed by atoms with van der Waals surface area (Å²) >= 11 is 0. The molecule has 0 aliphatic carbocycles. The summed E-state index contributed by atoms with van der Waals surface area (Å²) in [6.07, 6.45) is 1.86. The highest BCUT2D eigenvalue weighted by molar-refractivity contribution is 5.93. The Morgan fingerprint density at radius 3 is 2.68 bits per heavy atom. The molecule has 1 heterocycles. The van der Waals surface area contributed by atoms with E-state index in [4.69, 9.17) is 0 Å². The third-order valence-electron chi connectivity index (χ3n) is 3.78. The van der Waals surface area contributed by atoms with E-state index in [1.165, 1.54) is 19.1 Å². The van der Waals surface area contributed by atoms with Crippen molar-refractivity contribution in [2.75, 3.05) is 11.4 Å². The fraction of sp³-hybridized carbons (Fsp3) is 0.500. The summed E-state index contributed by atoms with van der Waals surface area (Å²) in [6, 6.07) is 4.82. The van der Waals surface area contributed by atoms with Crippen LogP contribution in [0.2, 0.25) is 0 Å². The molecule has 0 aromatic heterocycles. The zero-order chi connectivity index (χ0) is 14.2. The van der Waals surface area contributed by atoms with E-state index in [0.717, 1.165) is 18.4 Å². The van der Waals surface area contributed by atoms with Crippen LogP contribution in [-0.2, 0) is 10.2 Å². The normalized spacial score (nSPS) is 17.5. The zero-order valence-electron chi connectivity index (χ0n) is 11.5. The maximum absolute atomic E-state index is 11.8. The van der Waals surface area contributed by atoms with Crippen molar-refractivity contribution in [2.45, 2.75) is 39.0 Å². The predicted molar refractivity (Wildman–Crippen MR) is 73.4 cm³/mol. The van der Waals surface area contributed by atoms with Crippen LogP contribution in [0.3, 0.4) is 0 Å². The Bertz CT molecular complexity index is 537. The number of nitro benzene ring substituents is 1. The second kappa shape index (κ2) is 4.64. The molecule has 0 atom stereocenters. The molecule has 0 N–H and O–H groups in total. The number of anilines is 1. The van der Waals surface area contributed by atoms with E-state index >= 15 is 0 Å². The van der Waals surface area contributed by atoms with Gasteiger partial charge in [0.2, 0.25) is 5.91 Å². The van der Waals surface area contributed by atoms with Crippen molar-refractivity contribution in [3.8, 4) is 0 Å². The Balaban J connectivity index is 2.63. The average Bonchev–Trinajstić information content (AvgIpc) is 2.45. The monoisotopic (exact) mass is 262 g/mol. The number of nitrogens with zero attached hydrogens (tertiary/aromatic N) is 2. The minimum Gasteiger partial charge on any atom is -0.312 e. The highest BCUT2D eigenvalue weighted by Crippen LogP contribution is 2.40. The third kappa shape index (κ3) is 2.45. The van der Waals surface area contributed by atoms with Crippen LogP contribution in [-0.4, -0.2) is 17.4 Å². The van der Waals surface area contributed by atoms with E-state index in [2.05, 4.69) is 13.8 Å². The molecule has 0 bridgehead atoms. The lowest BCUT2D eigenvalue weighted by atomic mass is 9.80. The number of benzene rings is 1. The summed E-state index contributed by atoms with van der Waals surface area (Å²) in [5, 5.41) is 10.9. The summed E-state index contributed by atoms with van der Waals surface area (Å²) in [5.74, 6) is -0.0700. The molecule has 0 fully saturated rings. The smallest absolute Gasteiger partial charge is 0.271 e. The quantitative estimate of drug-likeness (QED) is 0.577. The topological polar surface area (TPSA) is 63.5 Å². The van der Waals surface area contributed by atoms with Gasteiger partial charge in [-0.1, -0.05) is 13.8 Å². The van der Waals surface area contributed by atoms with Crippen LogP contribution in [0, 0.1) is 10.1 Å². The third-order valence-corrected chi connectivity index (χ3v) is 3.78. The van der Waals surface area contributed by atoms with E-state index in [0.29, 0.717) is 12.2 Å². The van der Waals surface area contributed by atoms with E-state index in [1.54, 1.807) is 11.0 Å². The average molecular weight is 262 g/mol. The van der Waals surface area contributed by atoms with E-state index < -0.39 is 4.92 Å². The van der Waals surface area contributed by atoms with Crippen molar-refractivity contribution >= 4 is 17.3 Å². The Kier molecular flexibility index (Phi) is 3.30. The van der Waals surface area contributed by atoms with Gasteiger partial charge in [-0.3, -0.25) is 14.9 Å². The Morgan fingerprint density at radius 1 is 1.42 bits per heavy atom. The maximum atomic E-state index is 11.8. The Labute approximate surface area is 112 Å². The molecule has 0 saturated carbocycles. The van der Waals surface area contributed by atoms with Crippen molar-refractivity contribution in [3.63, 3.8) is 0 Å². The highest BCUT2D eigenvalue weighted by atomic mass is 16.6. The molecule has 102 valence electrons. The van der Waals surface area contributed by atoms with Gasteiger partial charge in [0.15, 0.2) is 0 Å². The molecule has 0 saturated heterocycles. The van der Waals surface area contributed by atoms with Gasteiger partial charge in [0, 0.05) is 25.6 Å². The van der Waals surface area contributed by atoms with Gasteiger partial charge in [-0.2, -0.15) is 0 Å². The molecule has 1 aliphatic rings. The molecule has 1 aromatic rings. The summed E-state index contributed by atoms with van der Waals surface area (Å²) < 4.78 is 0. The number of amides is 1. The minimum absolute atomic E-state index is 0.0303. The SMILES string of the molecule is CC(=O)N1CCCC(C)(C)c2ccc([N+](=O)[O-])cc21. The molecule has 0 unspecified atom stereocenters. The number of hydrogen-bond acceptors (Lipinski definition) is 3. The van der Waals surface area contributed by atoms with E-state index in [1.807, 2.05) is 0 Å². The van der Waals surface area contributed by atoms with Crippen molar-refractivity contribution in [1.29, 1.82) is 0 Å². The van der Waals surface area contributed by atoms with Crippen molar-refractivity contribution < 1.29 is 9.72 Å². The van der Waals surface area contributed by atoms with Gasteiger partial charge in [-0.25, -0.2) is 0 Å². The van der Waals surface area contributed by atoms with E-state index in [-0.39, 0.29) is 17.0 Å². The van der Waals surface area contributed by atoms with Gasteiger partial charge in [0.05, 0.1) is 10.6 Å². The molecular formula is C14H18N2O3. The lowest BCUT2D eigenvalue weighted by Gasteiger charge is -2.26. The van der Waals surface area contributed by atoms with Gasteiger partial charge in [0.1, 0.15) is 0 Å². The van der Waals surface area contributed by atoms with Gasteiger partial charge >= 0.3 is 0 Å². The Hall–Kier alpha value is -1.91. The van der Waals surface area contributed by atoms with Crippen molar-refractivity contribution in [2.24, 2.45) is 0 Å². The second-order valence-electron chi connectivity index (χ2n) is 5.62. The van der Waals surface area contributed by atoms with Crippen molar-refractivity contribution in [3.05, 3.63) is 33.9 Å².